The van der Waals surface area contributed by atoms with E-state index < -0.39 is 0 Å². The summed E-state index contributed by atoms with van der Waals surface area (Å²) in [4.78, 5) is 31.1. The highest BCUT2D eigenvalue weighted by Crippen LogP contribution is 2.29. The van der Waals surface area contributed by atoms with E-state index in [4.69, 9.17) is 4.42 Å². The first-order valence-electron chi connectivity index (χ1n) is 9.54. The van der Waals surface area contributed by atoms with Gasteiger partial charge in [-0.25, -0.2) is 4.98 Å². The molecule has 0 radical (unpaired) electrons. The average molecular weight is 355 g/mol. The second-order valence-electron chi connectivity index (χ2n) is 7.46. The van der Waals surface area contributed by atoms with Crippen LogP contribution >= 0.6 is 0 Å². The maximum Gasteiger partial charge on any atom is 0.225 e. The highest BCUT2D eigenvalue weighted by Gasteiger charge is 2.38. The molecular weight excluding hydrogens is 330 g/mol. The maximum absolute atomic E-state index is 12.4. The molecule has 6 heteroatoms. The van der Waals surface area contributed by atoms with E-state index in [1.165, 1.54) is 12.8 Å². The molecule has 0 bridgehead atoms. The quantitative estimate of drug-likeness (QED) is 0.894. The summed E-state index contributed by atoms with van der Waals surface area (Å²) in [6.45, 7) is 3.04. The molecule has 0 spiro atoms. The Kier molecular flexibility index (Phi) is 4.66. The third kappa shape index (κ3) is 3.32. The molecular formula is C20H25N3O3. The van der Waals surface area contributed by atoms with Crippen LogP contribution in [0.4, 0.5) is 0 Å². The van der Waals surface area contributed by atoms with Gasteiger partial charge in [0.2, 0.25) is 11.8 Å². The summed E-state index contributed by atoms with van der Waals surface area (Å²) in [6.07, 6.45) is 5.43. The molecule has 0 unspecified atom stereocenters. The number of benzene rings is 1. The number of hydrogen-bond acceptors (Lipinski definition) is 4. The molecule has 6 nitrogen and oxygen atoms in total. The number of fused-ring (bicyclic) bond motifs is 1. The molecule has 2 fully saturated rings. The highest BCUT2D eigenvalue weighted by molar-refractivity contribution is 5.89. The SMILES string of the molecule is Cc1cccc2oc(CCNC(=O)[C@@H]3CC(=O)N(C4CCCC4)C3)nc12. The van der Waals surface area contributed by atoms with E-state index >= 15 is 0 Å². The van der Waals surface area contributed by atoms with Crippen molar-refractivity contribution < 1.29 is 14.0 Å². The number of hydrogen-bond donors (Lipinski definition) is 1. The minimum Gasteiger partial charge on any atom is -0.441 e. The summed E-state index contributed by atoms with van der Waals surface area (Å²) < 4.78 is 5.73. The monoisotopic (exact) mass is 355 g/mol. The number of likely N-dealkylation sites (tertiary alicyclic amines) is 1. The van der Waals surface area contributed by atoms with Gasteiger partial charge in [-0.15, -0.1) is 0 Å². The minimum atomic E-state index is -0.228. The van der Waals surface area contributed by atoms with Crippen molar-refractivity contribution in [3.8, 4) is 0 Å². The van der Waals surface area contributed by atoms with Crippen molar-refractivity contribution in [1.29, 1.82) is 0 Å². The van der Waals surface area contributed by atoms with Gasteiger partial charge >= 0.3 is 0 Å². The third-order valence-electron chi connectivity index (χ3n) is 5.60. The van der Waals surface area contributed by atoms with Gasteiger partial charge in [0.1, 0.15) is 5.52 Å². The molecule has 2 heterocycles. The first-order chi connectivity index (χ1) is 12.6. The van der Waals surface area contributed by atoms with Crippen molar-refractivity contribution >= 4 is 22.9 Å². The molecule has 2 aliphatic rings. The van der Waals surface area contributed by atoms with Crippen LogP contribution in [0, 0.1) is 12.8 Å². The fourth-order valence-corrected chi connectivity index (χ4v) is 4.15. The van der Waals surface area contributed by atoms with Crippen LogP contribution in [0.25, 0.3) is 11.1 Å². The van der Waals surface area contributed by atoms with Crippen LogP contribution in [-0.4, -0.2) is 40.8 Å². The molecule has 1 aromatic carbocycles. The van der Waals surface area contributed by atoms with E-state index in [-0.39, 0.29) is 17.7 Å². The number of carbonyl (C=O) groups is 2. The lowest BCUT2D eigenvalue weighted by Crippen LogP contribution is -2.37. The molecule has 4 rings (SSSR count). The van der Waals surface area contributed by atoms with E-state index in [2.05, 4.69) is 10.3 Å². The predicted octanol–water partition coefficient (Wildman–Crippen LogP) is 2.59. The molecule has 2 aromatic rings. The molecule has 1 saturated heterocycles. The van der Waals surface area contributed by atoms with Gasteiger partial charge in [-0.1, -0.05) is 25.0 Å². The Bertz CT molecular complexity index is 823. The third-order valence-corrected chi connectivity index (χ3v) is 5.60. The Hall–Kier alpha value is -2.37. The van der Waals surface area contributed by atoms with Crippen LogP contribution in [0.3, 0.4) is 0 Å². The number of carbonyl (C=O) groups excluding carboxylic acids is 2. The van der Waals surface area contributed by atoms with Crippen molar-refractivity contribution in [1.82, 2.24) is 15.2 Å². The van der Waals surface area contributed by atoms with Gasteiger partial charge in [-0.05, 0) is 31.4 Å². The fourth-order valence-electron chi connectivity index (χ4n) is 4.15. The zero-order valence-corrected chi connectivity index (χ0v) is 15.2. The lowest BCUT2D eigenvalue weighted by atomic mass is 10.1. The maximum atomic E-state index is 12.4. The first-order valence-corrected chi connectivity index (χ1v) is 9.54. The summed E-state index contributed by atoms with van der Waals surface area (Å²) in [5, 5.41) is 2.95. The molecule has 1 atom stereocenters. The topological polar surface area (TPSA) is 75.4 Å². The van der Waals surface area contributed by atoms with Gasteiger partial charge in [0.25, 0.3) is 0 Å². The van der Waals surface area contributed by atoms with E-state index in [0.29, 0.717) is 37.9 Å². The van der Waals surface area contributed by atoms with Crippen molar-refractivity contribution in [2.45, 2.75) is 51.5 Å². The molecule has 1 aliphatic carbocycles. The number of nitrogens with one attached hydrogen (secondary N) is 1. The number of rotatable bonds is 5. The number of para-hydroxylation sites is 1. The second kappa shape index (κ2) is 7.09. The highest BCUT2D eigenvalue weighted by atomic mass is 16.3. The Labute approximate surface area is 152 Å². The summed E-state index contributed by atoms with van der Waals surface area (Å²) in [5.74, 6) is 0.497. The fraction of sp³-hybridized carbons (Fsp3) is 0.550. The number of oxazole rings is 1. The van der Waals surface area contributed by atoms with Crippen LogP contribution in [0.2, 0.25) is 0 Å². The summed E-state index contributed by atoms with van der Waals surface area (Å²) >= 11 is 0. The number of amides is 2. The Morgan fingerprint density at radius 3 is 2.92 bits per heavy atom. The van der Waals surface area contributed by atoms with Crippen LogP contribution in [0.15, 0.2) is 22.6 Å². The normalized spacial score (nSPS) is 21.0. The van der Waals surface area contributed by atoms with Gasteiger partial charge in [-0.3, -0.25) is 9.59 Å². The van der Waals surface area contributed by atoms with Crippen molar-refractivity contribution in [3.05, 3.63) is 29.7 Å². The molecule has 1 aliphatic heterocycles. The molecule has 2 amide bonds. The Balaban J connectivity index is 1.29. The zero-order valence-electron chi connectivity index (χ0n) is 15.2. The van der Waals surface area contributed by atoms with Gasteiger partial charge in [0.05, 0.1) is 5.92 Å². The standard InChI is InChI=1S/C20H25N3O3/c1-13-5-4-8-16-19(13)22-17(26-16)9-10-21-20(25)14-11-18(24)23(12-14)15-6-2-3-7-15/h4-5,8,14-15H,2-3,6-7,9-12H2,1H3,(H,21,25)/t14-/m1/s1. The lowest BCUT2D eigenvalue weighted by Gasteiger charge is -2.23. The van der Waals surface area contributed by atoms with Crippen molar-refractivity contribution in [2.24, 2.45) is 5.92 Å². The van der Waals surface area contributed by atoms with E-state index in [0.717, 1.165) is 29.5 Å². The van der Waals surface area contributed by atoms with Gasteiger partial charge in [0, 0.05) is 32.0 Å². The average Bonchev–Trinajstić information content (AvgIpc) is 3.33. The molecule has 26 heavy (non-hydrogen) atoms. The number of nitrogens with zero attached hydrogens (tertiary/aromatic N) is 2. The Morgan fingerprint density at radius 2 is 2.15 bits per heavy atom. The minimum absolute atomic E-state index is 0.0360. The number of aromatic nitrogens is 1. The first kappa shape index (κ1) is 17.1. The Morgan fingerprint density at radius 1 is 1.35 bits per heavy atom. The van der Waals surface area contributed by atoms with Gasteiger partial charge in [-0.2, -0.15) is 0 Å². The summed E-state index contributed by atoms with van der Waals surface area (Å²) in [5.41, 5.74) is 2.74. The largest absolute Gasteiger partial charge is 0.441 e. The molecule has 138 valence electrons. The number of aryl methyl sites for hydroxylation is 1. The smallest absolute Gasteiger partial charge is 0.225 e. The van der Waals surface area contributed by atoms with Gasteiger partial charge in [0.15, 0.2) is 11.5 Å². The molecule has 1 N–H and O–H groups in total. The molecule has 1 aromatic heterocycles. The summed E-state index contributed by atoms with van der Waals surface area (Å²) in [7, 11) is 0. The molecule has 1 saturated carbocycles. The second-order valence-corrected chi connectivity index (χ2v) is 7.46. The van der Waals surface area contributed by atoms with E-state index in [1.807, 2.05) is 30.0 Å². The van der Waals surface area contributed by atoms with Crippen LogP contribution < -0.4 is 5.32 Å². The van der Waals surface area contributed by atoms with Crippen LogP contribution in [-0.2, 0) is 16.0 Å². The zero-order chi connectivity index (χ0) is 18.1. The lowest BCUT2D eigenvalue weighted by molar-refractivity contribution is -0.130. The van der Waals surface area contributed by atoms with E-state index in [9.17, 15) is 9.59 Å². The van der Waals surface area contributed by atoms with Gasteiger partial charge < -0.3 is 14.6 Å². The van der Waals surface area contributed by atoms with Crippen molar-refractivity contribution in [2.75, 3.05) is 13.1 Å². The van der Waals surface area contributed by atoms with E-state index in [1.54, 1.807) is 0 Å². The van der Waals surface area contributed by atoms with Crippen LogP contribution in [0.5, 0.6) is 0 Å². The predicted molar refractivity (Wildman–Crippen MR) is 97.5 cm³/mol. The van der Waals surface area contributed by atoms with Crippen LogP contribution in [0.1, 0.15) is 43.6 Å². The van der Waals surface area contributed by atoms with Crippen molar-refractivity contribution in [3.63, 3.8) is 0 Å². The summed E-state index contributed by atoms with van der Waals surface area (Å²) in [6, 6.07) is 6.20.